The van der Waals surface area contributed by atoms with Gasteiger partial charge in [-0.05, 0) is 86.2 Å². The first kappa shape index (κ1) is 27.1. The van der Waals surface area contributed by atoms with Crippen molar-refractivity contribution in [1.29, 1.82) is 0 Å². The lowest BCUT2D eigenvalue weighted by Gasteiger charge is -2.67. The fourth-order valence-electron chi connectivity index (χ4n) is 8.73. The number of carbonyl (C=O) groups is 1. The quantitative estimate of drug-likeness (QED) is 0.528. The van der Waals surface area contributed by atoms with Crippen molar-refractivity contribution < 1.29 is 32.9 Å². The van der Waals surface area contributed by atoms with E-state index in [9.17, 15) is 28.2 Å². The van der Waals surface area contributed by atoms with E-state index < -0.39 is 28.9 Å². The smallest absolute Gasteiger partial charge is 0.416 e. The third-order valence-electron chi connectivity index (χ3n) is 11.0. The number of phenolic OH excluding ortho intramolecular Hbond substituents is 1. The predicted octanol–water partition coefficient (Wildman–Crippen LogP) is 4.68. The first-order valence-corrected chi connectivity index (χ1v) is 14.9. The maximum absolute atomic E-state index is 13.5. The summed E-state index contributed by atoms with van der Waals surface area (Å²) in [4.78, 5) is 17.8. The number of aliphatic hydroxyl groups is 1. The molecule has 2 aromatic rings. The van der Waals surface area contributed by atoms with Gasteiger partial charge >= 0.3 is 6.18 Å². The standard InChI is InChI=1S/C32H37F3N2O4/c1-18-15-23(36(2)26(39)12-7-19-5-9-22(10-6-19)32(33,34)35)29-30-13-14-37(17-20-3-4-20)25(31(18,30)40)16-21-8-11-24(38)28(41-29)27(21)30/h5-6,8-11,18,20,23,25,29,38,40H,3-4,7,12-17H2,1-2H3/t18?,23?,25-,29?,30+,31-/m1/s1. The number of hydrogen-bond acceptors (Lipinski definition) is 5. The number of nitrogens with zero attached hydrogens (tertiary/aromatic N) is 2. The van der Waals surface area contributed by atoms with E-state index in [-0.39, 0.29) is 36.1 Å². The Labute approximate surface area is 238 Å². The average Bonchev–Trinajstić information content (AvgIpc) is 3.68. The highest BCUT2D eigenvalue weighted by molar-refractivity contribution is 5.77. The predicted molar refractivity (Wildman–Crippen MR) is 146 cm³/mol. The first-order chi connectivity index (χ1) is 19.4. The lowest BCUT2D eigenvalue weighted by atomic mass is 9.45. The zero-order valence-electron chi connectivity index (χ0n) is 23.5. The number of aromatic hydroxyl groups is 1. The van der Waals surface area contributed by atoms with Crippen LogP contribution in [-0.2, 0) is 29.2 Å². The van der Waals surface area contributed by atoms with Crippen LogP contribution in [0.5, 0.6) is 11.5 Å². The lowest BCUT2D eigenvalue weighted by molar-refractivity contribution is -0.225. The molecule has 7 rings (SSSR count). The van der Waals surface area contributed by atoms with Gasteiger partial charge in [0.25, 0.3) is 0 Å². The molecule has 2 saturated carbocycles. The Morgan fingerprint density at radius 2 is 1.90 bits per heavy atom. The summed E-state index contributed by atoms with van der Waals surface area (Å²) in [6.07, 6.45) is 0.0166. The molecule has 2 heterocycles. The molecule has 0 radical (unpaired) electrons. The number of hydrogen-bond donors (Lipinski definition) is 2. The molecule has 220 valence electrons. The number of carbonyl (C=O) groups excluding carboxylic acids is 1. The molecule has 2 N–H and O–H groups in total. The Bertz CT molecular complexity index is 1380. The summed E-state index contributed by atoms with van der Waals surface area (Å²) in [5, 5.41) is 23.7. The van der Waals surface area contributed by atoms with Crippen LogP contribution in [0.2, 0.25) is 0 Å². The number of aryl methyl sites for hydroxylation is 1. The number of rotatable bonds is 6. The van der Waals surface area contributed by atoms with E-state index in [1.54, 1.807) is 18.0 Å². The number of alkyl halides is 3. The molecule has 3 aliphatic carbocycles. The Morgan fingerprint density at radius 1 is 1.17 bits per heavy atom. The van der Waals surface area contributed by atoms with Crippen molar-refractivity contribution in [1.82, 2.24) is 9.80 Å². The van der Waals surface area contributed by atoms with E-state index >= 15 is 0 Å². The molecule has 5 aliphatic rings. The highest BCUT2D eigenvalue weighted by atomic mass is 19.4. The van der Waals surface area contributed by atoms with Gasteiger partial charge in [0.15, 0.2) is 11.5 Å². The van der Waals surface area contributed by atoms with Crippen LogP contribution in [0.15, 0.2) is 36.4 Å². The second-order valence-electron chi connectivity index (χ2n) is 13.1. The summed E-state index contributed by atoms with van der Waals surface area (Å²) in [5.41, 5.74) is 0.208. The molecular formula is C32H37F3N2O4. The first-order valence-electron chi connectivity index (χ1n) is 14.9. The molecule has 2 aliphatic heterocycles. The molecule has 3 unspecified atom stereocenters. The number of likely N-dealkylation sites (tertiary alicyclic amines) is 1. The van der Waals surface area contributed by atoms with Gasteiger partial charge in [0.1, 0.15) is 6.10 Å². The summed E-state index contributed by atoms with van der Waals surface area (Å²) in [7, 11) is 1.77. The number of phenols is 1. The second kappa shape index (κ2) is 9.11. The average molecular weight is 571 g/mol. The minimum Gasteiger partial charge on any atom is -0.504 e. The van der Waals surface area contributed by atoms with Gasteiger partial charge in [-0.1, -0.05) is 25.1 Å². The van der Waals surface area contributed by atoms with Crippen molar-refractivity contribution in [2.75, 3.05) is 20.1 Å². The Balaban J connectivity index is 1.18. The molecule has 1 spiro atoms. The molecule has 3 fully saturated rings. The van der Waals surface area contributed by atoms with Crippen LogP contribution in [0.1, 0.15) is 61.3 Å². The Kier molecular flexibility index (Phi) is 6.02. The number of ether oxygens (including phenoxy) is 1. The zero-order chi connectivity index (χ0) is 28.9. The highest BCUT2D eigenvalue weighted by Gasteiger charge is 2.75. The topological polar surface area (TPSA) is 73.2 Å². The van der Waals surface area contributed by atoms with Crippen molar-refractivity contribution in [3.8, 4) is 11.5 Å². The second-order valence-corrected chi connectivity index (χ2v) is 13.1. The molecular weight excluding hydrogens is 533 g/mol. The minimum atomic E-state index is -4.40. The number of benzene rings is 2. The third kappa shape index (κ3) is 3.87. The largest absolute Gasteiger partial charge is 0.504 e. The normalized spacial score (nSPS) is 33.7. The monoisotopic (exact) mass is 570 g/mol. The lowest BCUT2D eigenvalue weighted by Crippen LogP contribution is -2.80. The van der Waals surface area contributed by atoms with Gasteiger partial charge in [-0.15, -0.1) is 0 Å². The summed E-state index contributed by atoms with van der Waals surface area (Å²) < 4.78 is 45.5. The van der Waals surface area contributed by atoms with Gasteiger partial charge < -0.3 is 19.8 Å². The molecule has 6 atom stereocenters. The zero-order valence-corrected chi connectivity index (χ0v) is 23.5. The minimum absolute atomic E-state index is 0.0532. The van der Waals surface area contributed by atoms with Crippen molar-refractivity contribution in [2.45, 2.75) is 87.2 Å². The van der Waals surface area contributed by atoms with Crippen molar-refractivity contribution in [3.05, 3.63) is 58.7 Å². The van der Waals surface area contributed by atoms with Crippen LogP contribution in [0.4, 0.5) is 13.2 Å². The van der Waals surface area contributed by atoms with Gasteiger partial charge in [0.05, 0.1) is 22.6 Å². The van der Waals surface area contributed by atoms with Crippen LogP contribution >= 0.6 is 0 Å². The number of halogens is 3. The molecule has 2 aromatic carbocycles. The van der Waals surface area contributed by atoms with Gasteiger partial charge in [0.2, 0.25) is 5.91 Å². The van der Waals surface area contributed by atoms with Gasteiger partial charge in [-0.25, -0.2) is 0 Å². The molecule has 41 heavy (non-hydrogen) atoms. The number of likely N-dealkylation sites (N-methyl/N-ethyl adjacent to an activating group) is 1. The highest BCUT2D eigenvalue weighted by Crippen LogP contribution is 2.67. The fourth-order valence-corrected chi connectivity index (χ4v) is 8.73. The van der Waals surface area contributed by atoms with E-state index in [0.717, 1.165) is 36.3 Å². The molecule has 0 aromatic heterocycles. The fraction of sp³-hybridized carbons (Fsp3) is 0.594. The Morgan fingerprint density at radius 3 is 2.59 bits per heavy atom. The van der Waals surface area contributed by atoms with E-state index in [1.807, 2.05) is 6.07 Å². The SMILES string of the molecule is CC1CC(N(C)C(=O)CCc2ccc(C(F)(F)F)cc2)C2Oc3c(O)ccc4c3[C@@]23CCN(CC2CC2)[C@H](C4)[C@]13O. The van der Waals surface area contributed by atoms with Crippen LogP contribution in [0, 0.1) is 11.8 Å². The van der Waals surface area contributed by atoms with E-state index in [4.69, 9.17) is 4.74 Å². The maximum atomic E-state index is 13.5. The molecule has 2 bridgehead atoms. The van der Waals surface area contributed by atoms with Crippen molar-refractivity contribution in [3.63, 3.8) is 0 Å². The molecule has 1 saturated heterocycles. The molecule has 6 nitrogen and oxygen atoms in total. The van der Waals surface area contributed by atoms with Crippen LogP contribution in [0.3, 0.4) is 0 Å². The summed E-state index contributed by atoms with van der Waals surface area (Å²) in [6.45, 7) is 3.92. The van der Waals surface area contributed by atoms with Crippen molar-refractivity contribution >= 4 is 5.91 Å². The maximum Gasteiger partial charge on any atom is 0.416 e. The van der Waals surface area contributed by atoms with Crippen LogP contribution in [-0.4, -0.2) is 69.8 Å². The summed E-state index contributed by atoms with van der Waals surface area (Å²) >= 11 is 0. The van der Waals surface area contributed by atoms with Gasteiger partial charge in [-0.2, -0.15) is 13.2 Å². The Hall–Kier alpha value is -2.78. The number of piperidine rings is 1. The van der Waals surface area contributed by atoms with Crippen LogP contribution < -0.4 is 4.74 Å². The molecule has 1 amide bonds. The van der Waals surface area contributed by atoms with Gasteiger partial charge in [0, 0.05) is 31.6 Å². The summed E-state index contributed by atoms with van der Waals surface area (Å²) in [5.74, 6) is 0.971. The number of amides is 1. The van der Waals surface area contributed by atoms with Gasteiger partial charge in [-0.3, -0.25) is 9.69 Å². The summed E-state index contributed by atoms with van der Waals surface area (Å²) in [6, 6.07) is 8.24. The van der Waals surface area contributed by atoms with Crippen LogP contribution in [0.25, 0.3) is 0 Å². The third-order valence-corrected chi connectivity index (χ3v) is 11.0. The molecule has 9 heteroatoms. The van der Waals surface area contributed by atoms with E-state index in [1.165, 1.54) is 25.0 Å². The van der Waals surface area contributed by atoms with Crippen molar-refractivity contribution in [2.24, 2.45) is 11.8 Å². The van der Waals surface area contributed by atoms with E-state index in [2.05, 4.69) is 11.8 Å². The van der Waals surface area contributed by atoms with E-state index in [0.29, 0.717) is 42.9 Å².